The van der Waals surface area contributed by atoms with Gasteiger partial charge in [-0.3, -0.25) is 19.2 Å². The van der Waals surface area contributed by atoms with Crippen LogP contribution >= 0.6 is 35.3 Å². The van der Waals surface area contributed by atoms with Gasteiger partial charge in [-0.1, -0.05) is 0 Å². The second-order valence-electron chi connectivity index (χ2n) is 10.7. The fourth-order valence-corrected chi connectivity index (χ4v) is 8.67. The number of hydrogen-bond acceptors (Lipinski definition) is 18. The Labute approximate surface area is 281 Å². The van der Waals surface area contributed by atoms with Crippen LogP contribution in [0, 0.1) is 0 Å². The lowest BCUT2D eigenvalue weighted by Gasteiger charge is -2.41. The third-order valence-electron chi connectivity index (χ3n) is 7.12. The predicted molar refractivity (Wildman–Crippen MR) is 166 cm³/mol. The van der Waals surface area contributed by atoms with Crippen LogP contribution < -0.4 is 16.4 Å². The maximum Gasteiger partial charge on any atom is 0.322 e. The highest BCUT2D eigenvalue weighted by molar-refractivity contribution is 8.05. The average molecular weight is 738 g/mol. The molecule has 272 valence electrons. The van der Waals surface area contributed by atoms with E-state index in [1.165, 1.54) is 0 Å². The van der Waals surface area contributed by atoms with Crippen LogP contribution in [0.2, 0.25) is 0 Å². The van der Waals surface area contributed by atoms with Gasteiger partial charge in [0.25, 0.3) is 0 Å². The zero-order valence-electron chi connectivity index (χ0n) is 24.9. The molecule has 2 aliphatic heterocycles. The summed E-state index contributed by atoms with van der Waals surface area (Å²) in [5, 5.41) is 103. The minimum atomic E-state index is -1.67. The van der Waals surface area contributed by atoms with E-state index in [0.29, 0.717) is 0 Å². The lowest BCUT2D eigenvalue weighted by atomic mass is 10.0. The highest BCUT2D eigenvalue weighted by atomic mass is 32.2. The summed E-state index contributed by atoms with van der Waals surface area (Å²) in [4.78, 5) is 47.1. The number of rotatable bonds is 19. The van der Waals surface area contributed by atoms with E-state index in [9.17, 15) is 60.0 Å². The molecule has 2 fully saturated rings. The van der Waals surface area contributed by atoms with Crippen molar-refractivity contribution in [3.8, 4) is 0 Å². The van der Waals surface area contributed by atoms with Crippen molar-refractivity contribution in [1.82, 2.24) is 10.6 Å². The Kier molecular flexibility index (Phi) is 17.9. The van der Waals surface area contributed by atoms with Crippen LogP contribution in [0.5, 0.6) is 0 Å². The highest BCUT2D eigenvalue weighted by Gasteiger charge is 2.46. The molecule has 2 aliphatic rings. The summed E-state index contributed by atoms with van der Waals surface area (Å²) in [6.07, 6.45) is -12.6. The first-order valence-corrected chi connectivity index (χ1v) is 17.5. The molecule has 14 N–H and O–H groups in total. The molecule has 0 aromatic rings. The lowest BCUT2D eigenvalue weighted by molar-refractivity contribution is -0.205. The molecule has 2 amide bonds. The summed E-state index contributed by atoms with van der Waals surface area (Å²) < 4.78 is 11.1. The fourth-order valence-electron chi connectivity index (χ4n) is 4.37. The third-order valence-corrected chi connectivity index (χ3v) is 11.4. The van der Waals surface area contributed by atoms with Gasteiger partial charge in [-0.15, -0.1) is 23.5 Å². The molecule has 0 aliphatic carbocycles. The van der Waals surface area contributed by atoms with Gasteiger partial charge in [0.15, 0.2) is 0 Å². The van der Waals surface area contributed by atoms with Crippen LogP contribution in [0.4, 0.5) is 0 Å². The van der Waals surface area contributed by atoms with Gasteiger partial charge in [-0.05, 0) is 6.42 Å². The maximum atomic E-state index is 12.7. The van der Waals surface area contributed by atoms with Gasteiger partial charge >= 0.3 is 11.9 Å². The van der Waals surface area contributed by atoms with Crippen LogP contribution in [-0.2, 0) is 28.7 Å². The van der Waals surface area contributed by atoms with Crippen molar-refractivity contribution >= 4 is 59.0 Å². The minimum absolute atomic E-state index is 0.0741. The van der Waals surface area contributed by atoms with Gasteiger partial charge in [0, 0.05) is 28.9 Å². The Hall–Kier alpha value is -1.51. The number of carbonyl (C=O) groups is 4. The van der Waals surface area contributed by atoms with E-state index in [4.69, 9.17) is 25.4 Å². The average Bonchev–Trinajstić information content (AvgIpc) is 3.03. The molecule has 0 saturated carbocycles. The Morgan fingerprint density at radius 3 is 1.85 bits per heavy atom. The molecule has 47 heavy (non-hydrogen) atoms. The van der Waals surface area contributed by atoms with E-state index in [2.05, 4.69) is 10.6 Å². The van der Waals surface area contributed by atoms with Gasteiger partial charge in [0.1, 0.15) is 78.3 Å². The number of ether oxygens (including phenoxy) is 2. The number of aliphatic hydroxyl groups excluding tert-OH is 8. The van der Waals surface area contributed by atoms with Gasteiger partial charge in [-0.25, -0.2) is 0 Å². The van der Waals surface area contributed by atoms with Crippen molar-refractivity contribution < 1.29 is 79.7 Å². The van der Waals surface area contributed by atoms with Crippen LogP contribution in [0.3, 0.4) is 0 Å². The summed E-state index contributed by atoms with van der Waals surface area (Å²) in [6, 6.07) is -2.60. The van der Waals surface area contributed by atoms with Gasteiger partial charge in [0.05, 0.1) is 13.2 Å². The van der Waals surface area contributed by atoms with Crippen LogP contribution in [-0.4, -0.2) is 189 Å². The maximum absolute atomic E-state index is 12.7. The number of hydrogen-bond donors (Lipinski definition) is 13. The van der Waals surface area contributed by atoms with Crippen LogP contribution in [0.1, 0.15) is 12.8 Å². The number of carbonyl (C=O) groups excluding carboxylic acids is 2. The molecule has 2 saturated heterocycles. The second-order valence-corrected chi connectivity index (χ2v) is 14.3. The van der Waals surface area contributed by atoms with Gasteiger partial charge < -0.3 is 76.9 Å². The monoisotopic (exact) mass is 737 g/mol. The number of thioether (sulfide) groups is 3. The lowest BCUT2D eigenvalue weighted by Crippen LogP contribution is -2.58. The molecule has 0 spiro atoms. The Morgan fingerprint density at radius 1 is 0.766 bits per heavy atom. The van der Waals surface area contributed by atoms with Crippen LogP contribution in [0.25, 0.3) is 0 Å². The first-order valence-electron chi connectivity index (χ1n) is 14.3. The number of aliphatic carboxylic acids is 2. The summed E-state index contributed by atoms with van der Waals surface area (Å²) in [6.45, 7) is -2.07. The molecule has 19 nitrogen and oxygen atoms in total. The van der Waals surface area contributed by atoms with E-state index >= 15 is 0 Å². The molecule has 2 rings (SSSR count). The van der Waals surface area contributed by atoms with Crippen LogP contribution in [0.15, 0.2) is 0 Å². The quantitative estimate of drug-likeness (QED) is 0.0587. The van der Waals surface area contributed by atoms with Gasteiger partial charge in [0.2, 0.25) is 11.8 Å². The molecule has 1 unspecified atom stereocenters. The number of amides is 2. The van der Waals surface area contributed by atoms with Crippen molar-refractivity contribution in [2.24, 2.45) is 5.73 Å². The number of nitrogens with two attached hydrogens (primary N) is 1. The summed E-state index contributed by atoms with van der Waals surface area (Å²) in [7, 11) is 0. The molecule has 22 heteroatoms. The van der Waals surface area contributed by atoms with Crippen molar-refractivity contribution in [2.75, 3.05) is 37.0 Å². The fraction of sp³-hybridized carbons (Fsp3) is 0.840. The summed E-state index contributed by atoms with van der Waals surface area (Å²) in [5.41, 5.74) is 3.12. The van der Waals surface area contributed by atoms with E-state index in [0.717, 1.165) is 35.3 Å². The zero-order chi connectivity index (χ0) is 35.4. The molecule has 13 atom stereocenters. The SMILES string of the molecule is N[C@@H](CCC(=O)N[C@@H](CSCC(CS[C@@H]1O[C@H](CO)[C@@H](O)[C@H](O)[C@H]1O)S[C@@H]1O[C@H](CO)[C@@H](O)[C@H](O)[C@H]1O)C(=O)NCC(=O)O)C(=O)O. The number of aliphatic hydroxyl groups is 8. The smallest absolute Gasteiger partial charge is 0.322 e. The van der Waals surface area contributed by atoms with E-state index < -0.39 is 121 Å². The number of nitrogens with one attached hydrogen (secondary N) is 2. The topological polar surface area (TPSA) is 339 Å². The number of carboxylic acid groups (broad SMARTS) is 2. The minimum Gasteiger partial charge on any atom is -0.480 e. The molecular formula is C25H43N3O16S3. The predicted octanol–water partition coefficient (Wildman–Crippen LogP) is -5.97. The van der Waals surface area contributed by atoms with E-state index in [1.54, 1.807) is 0 Å². The van der Waals surface area contributed by atoms with Crippen molar-refractivity contribution in [3.63, 3.8) is 0 Å². The molecule has 2 heterocycles. The molecular weight excluding hydrogens is 694 g/mol. The van der Waals surface area contributed by atoms with Crippen molar-refractivity contribution in [3.05, 3.63) is 0 Å². The van der Waals surface area contributed by atoms with Gasteiger partial charge in [-0.2, -0.15) is 11.8 Å². The zero-order valence-corrected chi connectivity index (χ0v) is 27.3. The Balaban J connectivity index is 2.17. The Morgan fingerprint density at radius 2 is 1.32 bits per heavy atom. The van der Waals surface area contributed by atoms with E-state index in [1.807, 2.05) is 0 Å². The third kappa shape index (κ3) is 12.7. The van der Waals surface area contributed by atoms with Crippen molar-refractivity contribution in [1.29, 1.82) is 0 Å². The summed E-state index contributed by atoms with van der Waals surface area (Å²) in [5.74, 6) is -4.17. The standard InChI is InChI=1S/C25H43N3O16S3/c26-10(23(41)42)1-2-14(31)28-11(22(40)27-3-15(32)33)8-45-6-9(47-25-21(39)19(37)17(35)13(5-30)44-25)7-46-24-20(38)18(36)16(34)12(4-29)43-24/h9-13,16-21,24-25,29-30,34-39H,1-8,26H2,(H,27,40)(H,28,31)(H,32,33)(H,41,42)/t9?,10-,11-,12+,13+,16+,17+,18-,19-,20+,21+,24-,25-/m0/s1. The van der Waals surface area contributed by atoms with Crippen molar-refractivity contribution in [2.45, 2.75) is 89.9 Å². The first kappa shape index (κ1) is 41.7. The second kappa shape index (κ2) is 20.2. The highest BCUT2D eigenvalue weighted by Crippen LogP contribution is 2.36. The normalized spacial score (nSPS) is 33.0. The molecule has 0 aromatic carbocycles. The molecule has 0 aromatic heterocycles. The largest absolute Gasteiger partial charge is 0.480 e. The first-order chi connectivity index (χ1) is 22.1. The summed E-state index contributed by atoms with van der Waals surface area (Å²) >= 11 is 3.03. The molecule has 0 radical (unpaired) electrons. The number of carboxylic acids is 2. The van der Waals surface area contributed by atoms with E-state index in [-0.39, 0.29) is 30.1 Å². The molecule has 0 bridgehead atoms. The Bertz CT molecular complexity index is 1030.